The monoisotopic (exact) mass is 357 g/mol. The third-order valence-corrected chi connectivity index (χ3v) is 3.67. The first kappa shape index (κ1) is 14.5. The van der Waals surface area contributed by atoms with E-state index in [-0.39, 0.29) is 23.1 Å². The van der Waals surface area contributed by atoms with Gasteiger partial charge in [0.2, 0.25) is 11.8 Å². The van der Waals surface area contributed by atoms with E-state index < -0.39 is 4.92 Å². The van der Waals surface area contributed by atoms with Gasteiger partial charge in [-0.05, 0) is 41.1 Å². The first-order valence-corrected chi connectivity index (χ1v) is 6.56. The number of hydrogen-bond donors (Lipinski definition) is 2. The number of anilines is 3. The fourth-order valence-electron chi connectivity index (χ4n) is 1.60. The van der Waals surface area contributed by atoms with Crippen molar-refractivity contribution >= 4 is 50.7 Å². The molecule has 1 heterocycles. The fraction of sp³-hybridized carbons (Fsp3) is 0.0909. The second-order valence-electron chi connectivity index (χ2n) is 3.88. The van der Waals surface area contributed by atoms with Gasteiger partial charge in [0.1, 0.15) is 5.69 Å². The molecule has 0 aliphatic rings. The molecule has 0 amide bonds. The molecule has 0 saturated carbocycles. The molecular formula is C11H9BrClN5O2. The van der Waals surface area contributed by atoms with Crippen LogP contribution in [0.4, 0.5) is 23.1 Å². The Morgan fingerprint density at radius 3 is 2.75 bits per heavy atom. The zero-order valence-corrected chi connectivity index (χ0v) is 12.6. The van der Waals surface area contributed by atoms with Crippen molar-refractivity contribution in [1.82, 2.24) is 9.97 Å². The van der Waals surface area contributed by atoms with Crippen LogP contribution in [0.2, 0.25) is 5.02 Å². The zero-order chi connectivity index (χ0) is 14.9. The van der Waals surface area contributed by atoms with Gasteiger partial charge in [-0.25, -0.2) is 4.98 Å². The van der Waals surface area contributed by atoms with Crippen molar-refractivity contribution in [1.29, 1.82) is 0 Å². The van der Waals surface area contributed by atoms with Crippen molar-refractivity contribution in [2.45, 2.75) is 6.92 Å². The lowest BCUT2D eigenvalue weighted by Gasteiger charge is -2.09. The van der Waals surface area contributed by atoms with Crippen LogP contribution in [-0.4, -0.2) is 14.9 Å². The van der Waals surface area contributed by atoms with E-state index >= 15 is 0 Å². The molecule has 7 nitrogen and oxygen atoms in total. The van der Waals surface area contributed by atoms with Gasteiger partial charge in [-0.15, -0.1) is 0 Å². The largest absolute Gasteiger partial charge is 0.368 e. The molecule has 1 aromatic heterocycles. The van der Waals surface area contributed by atoms with Crippen LogP contribution >= 0.6 is 27.5 Å². The van der Waals surface area contributed by atoms with Crippen LogP contribution in [0.5, 0.6) is 0 Å². The summed E-state index contributed by atoms with van der Waals surface area (Å²) in [7, 11) is 0. The van der Waals surface area contributed by atoms with Crippen molar-refractivity contribution in [2.75, 3.05) is 11.1 Å². The number of nitrogens with two attached hydrogens (primary N) is 1. The number of benzene rings is 1. The van der Waals surface area contributed by atoms with Crippen molar-refractivity contribution in [3.05, 3.63) is 43.5 Å². The molecule has 0 aliphatic heterocycles. The molecule has 0 saturated heterocycles. The molecule has 0 fully saturated rings. The highest BCUT2D eigenvalue weighted by atomic mass is 79.9. The Bertz CT molecular complexity index is 695. The van der Waals surface area contributed by atoms with E-state index in [4.69, 9.17) is 17.3 Å². The van der Waals surface area contributed by atoms with Crippen molar-refractivity contribution in [3.63, 3.8) is 0 Å². The normalized spacial score (nSPS) is 10.3. The second-order valence-corrected chi connectivity index (χ2v) is 5.14. The second kappa shape index (κ2) is 5.59. The molecule has 0 radical (unpaired) electrons. The average molecular weight is 359 g/mol. The number of nitrogens with zero attached hydrogens (tertiary/aromatic N) is 3. The Labute approximate surface area is 127 Å². The van der Waals surface area contributed by atoms with Crippen LogP contribution in [-0.2, 0) is 0 Å². The quantitative estimate of drug-likeness (QED) is 0.643. The number of nitrogen functional groups attached to an aromatic ring is 1. The minimum absolute atomic E-state index is 0.0263. The molecule has 0 bridgehead atoms. The number of rotatable bonds is 3. The smallest absolute Gasteiger partial charge is 0.332 e. The summed E-state index contributed by atoms with van der Waals surface area (Å²) in [6.45, 7) is 1.50. The Morgan fingerprint density at radius 1 is 1.45 bits per heavy atom. The topological polar surface area (TPSA) is 107 Å². The number of nitrogens with one attached hydrogen (secondary N) is 1. The zero-order valence-electron chi connectivity index (χ0n) is 10.2. The standard InChI is InChI=1S/C11H9BrClN5O2/c1-5-9(18(19)20)10(17-11(14)15-5)16-6-2-3-7(12)8(13)4-6/h2-4H,1H3,(H3,14,15,16,17). The molecule has 0 atom stereocenters. The summed E-state index contributed by atoms with van der Waals surface area (Å²) < 4.78 is 0.720. The first-order chi connectivity index (χ1) is 9.38. The molecule has 2 aromatic rings. The van der Waals surface area contributed by atoms with Crippen LogP contribution in [0.15, 0.2) is 22.7 Å². The summed E-state index contributed by atoms with van der Waals surface area (Å²) in [6, 6.07) is 5.03. The van der Waals surface area contributed by atoms with E-state index in [2.05, 4.69) is 31.2 Å². The molecule has 0 aliphatic carbocycles. The van der Waals surface area contributed by atoms with E-state index in [1.807, 2.05) is 0 Å². The summed E-state index contributed by atoms with van der Waals surface area (Å²) >= 11 is 9.23. The van der Waals surface area contributed by atoms with Gasteiger partial charge in [0, 0.05) is 10.2 Å². The van der Waals surface area contributed by atoms with Gasteiger partial charge >= 0.3 is 5.69 Å². The molecule has 104 valence electrons. The fourth-order valence-corrected chi connectivity index (χ4v) is 2.03. The Kier molecular flexibility index (Phi) is 4.05. The number of nitro groups is 1. The van der Waals surface area contributed by atoms with Crippen molar-refractivity contribution < 1.29 is 4.92 Å². The number of aryl methyl sites for hydroxylation is 1. The Morgan fingerprint density at radius 2 is 2.15 bits per heavy atom. The van der Waals surface area contributed by atoms with Crippen LogP contribution in [0, 0.1) is 17.0 Å². The summed E-state index contributed by atoms with van der Waals surface area (Å²) in [5, 5.41) is 14.4. The van der Waals surface area contributed by atoms with Crippen LogP contribution in [0.1, 0.15) is 5.69 Å². The highest BCUT2D eigenvalue weighted by Crippen LogP contribution is 2.31. The third-order valence-electron chi connectivity index (χ3n) is 2.44. The molecule has 9 heteroatoms. The summed E-state index contributed by atoms with van der Waals surface area (Å²) in [5.74, 6) is -0.0165. The van der Waals surface area contributed by atoms with Crippen LogP contribution in [0.3, 0.4) is 0 Å². The molecule has 20 heavy (non-hydrogen) atoms. The van der Waals surface area contributed by atoms with E-state index in [0.717, 1.165) is 4.47 Å². The van der Waals surface area contributed by atoms with Crippen LogP contribution < -0.4 is 11.1 Å². The van der Waals surface area contributed by atoms with Gasteiger partial charge in [0.25, 0.3) is 0 Å². The maximum atomic E-state index is 11.1. The molecule has 0 spiro atoms. The number of halogens is 2. The van der Waals surface area contributed by atoms with Gasteiger partial charge in [0.05, 0.1) is 9.95 Å². The van der Waals surface area contributed by atoms with Gasteiger partial charge in [-0.2, -0.15) is 4.98 Å². The summed E-state index contributed by atoms with van der Waals surface area (Å²) in [6.07, 6.45) is 0. The predicted molar refractivity (Wildman–Crippen MR) is 80.3 cm³/mol. The lowest BCUT2D eigenvalue weighted by Crippen LogP contribution is -2.07. The Hall–Kier alpha value is -1.93. The van der Waals surface area contributed by atoms with E-state index in [0.29, 0.717) is 10.7 Å². The molecular weight excluding hydrogens is 350 g/mol. The minimum Gasteiger partial charge on any atom is -0.368 e. The van der Waals surface area contributed by atoms with Gasteiger partial charge in [-0.1, -0.05) is 11.6 Å². The number of aromatic nitrogens is 2. The highest BCUT2D eigenvalue weighted by molar-refractivity contribution is 9.10. The highest BCUT2D eigenvalue weighted by Gasteiger charge is 2.21. The van der Waals surface area contributed by atoms with Crippen molar-refractivity contribution in [3.8, 4) is 0 Å². The lowest BCUT2D eigenvalue weighted by atomic mass is 10.3. The molecule has 1 aromatic carbocycles. The van der Waals surface area contributed by atoms with Gasteiger partial charge in [0.15, 0.2) is 0 Å². The lowest BCUT2D eigenvalue weighted by molar-refractivity contribution is -0.385. The maximum Gasteiger partial charge on any atom is 0.332 e. The summed E-state index contributed by atoms with van der Waals surface area (Å²) in [4.78, 5) is 18.2. The Balaban J connectivity index is 2.47. The van der Waals surface area contributed by atoms with Gasteiger partial charge in [-0.3, -0.25) is 10.1 Å². The third kappa shape index (κ3) is 2.97. The predicted octanol–water partition coefficient (Wildman–Crippen LogP) is 3.43. The maximum absolute atomic E-state index is 11.1. The van der Waals surface area contributed by atoms with E-state index in [1.165, 1.54) is 6.92 Å². The van der Waals surface area contributed by atoms with Crippen LogP contribution in [0.25, 0.3) is 0 Å². The minimum atomic E-state index is -0.558. The summed E-state index contributed by atoms with van der Waals surface area (Å²) in [5.41, 5.74) is 6.04. The van der Waals surface area contributed by atoms with E-state index in [9.17, 15) is 10.1 Å². The molecule has 2 rings (SSSR count). The SMILES string of the molecule is Cc1nc(N)nc(Nc2ccc(Br)c(Cl)c2)c1[N+](=O)[O-]. The molecule has 0 unspecified atom stereocenters. The number of hydrogen-bond acceptors (Lipinski definition) is 6. The van der Waals surface area contributed by atoms with E-state index in [1.54, 1.807) is 18.2 Å². The molecule has 3 N–H and O–H groups in total. The van der Waals surface area contributed by atoms with Gasteiger partial charge < -0.3 is 11.1 Å². The first-order valence-electron chi connectivity index (χ1n) is 5.39. The van der Waals surface area contributed by atoms with Crippen molar-refractivity contribution in [2.24, 2.45) is 0 Å². The average Bonchev–Trinajstić information content (AvgIpc) is 2.32.